The molecular formula is C32H38N4O2. The Morgan fingerprint density at radius 3 is 2.34 bits per heavy atom. The first-order chi connectivity index (χ1) is 18.2. The smallest absolute Gasteiger partial charge is 0.254 e. The number of anilines is 1. The second-order valence-electron chi connectivity index (χ2n) is 10.9. The molecule has 0 fully saturated rings. The third-order valence-electron chi connectivity index (χ3n) is 6.74. The van der Waals surface area contributed by atoms with Crippen molar-refractivity contribution in [1.29, 1.82) is 0 Å². The molecule has 0 aliphatic heterocycles. The number of carbonyl (C=O) groups excluding carboxylic acids is 2. The quantitative estimate of drug-likeness (QED) is 0.249. The molecule has 6 heteroatoms. The van der Waals surface area contributed by atoms with E-state index in [1.807, 2.05) is 79.7 Å². The highest BCUT2D eigenvalue weighted by Crippen LogP contribution is 2.27. The predicted molar refractivity (Wildman–Crippen MR) is 155 cm³/mol. The van der Waals surface area contributed by atoms with E-state index >= 15 is 0 Å². The number of aromatic nitrogens is 2. The molecule has 38 heavy (non-hydrogen) atoms. The van der Waals surface area contributed by atoms with Crippen LogP contribution in [0.15, 0.2) is 72.8 Å². The highest BCUT2D eigenvalue weighted by molar-refractivity contribution is 6.01. The summed E-state index contributed by atoms with van der Waals surface area (Å²) in [6, 6.07) is 23.6. The molecule has 0 radical (unpaired) electrons. The number of para-hydroxylation sites is 1. The van der Waals surface area contributed by atoms with Gasteiger partial charge in [-0.3, -0.25) is 9.59 Å². The largest absolute Gasteiger partial charge is 0.329 e. The van der Waals surface area contributed by atoms with Gasteiger partial charge in [-0.1, -0.05) is 89.1 Å². The van der Waals surface area contributed by atoms with E-state index in [0.29, 0.717) is 17.9 Å². The molecule has 0 atom stereocenters. The topological polar surface area (TPSA) is 67.2 Å². The highest BCUT2D eigenvalue weighted by atomic mass is 16.2. The number of unbranched alkanes of at least 4 members (excludes halogenated alkanes) is 2. The van der Waals surface area contributed by atoms with Gasteiger partial charge in [-0.25, -0.2) is 4.68 Å². The summed E-state index contributed by atoms with van der Waals surface area (Å²) in [5, 5.41) is 9.98. The molecule has 6 nitrogen and oxygen atoms in total. The molecule has 2 amide bonds. The van der Waals surface area contributed by atoms with Crippen LogP contribution in [0.1, 0.15) is 68.6 Å². The van der Waals surface area contributed by atoms with Crippen LogP contribution in [0.2, 0.25) is 0 Å². The summed E-state index contributed by atoms with van der Waals surface area (Å²) in [6.07, 6.45) is 2.88. The molecule has 1 N–H and O–H groups in total. The highest BCUT2D eigenvalue weighted by Gasteiger charge is 2.24. The summed E-state index contributed by atoms with van der Waals surface area (Å²) in [5.41, 5.74) is 3.24. The maximum Gasteiger partial charge on any atom is 0.254 e. The lowest BCUT2D eigenvalue weighted by Crippen LogP contribution is -2.39. The fourth-order valence-corrected chi connectivity index (χ4v) is 4.49. The summed E-state index contributed by atoms with van der Waals surface area (Å²) >= 11 is 0. The minimum absolute atomic E-state index is 0.0286. The number of aryl methyl sites for hydroxylation is 1. The number of nitrogens with zero attached hydrogens (tertiary/aromatic N) is 3. The van der Waals surface area contributed by atoms with Crippen LogP contribution in [-0.2, 0) is 10.2 Å². The molecule has 1 aromatic heterocycles. The Balaban J connectivity index is 1.59. The first kappa shape index (κ1) is 27.1. The number of hydrogen-bond acceptors (Lipinski definition) is 3. The Labute approximate surface area is 225 Å². The summed E-state index contributed by atoms with van der Waals surface area (Å²) in [5.74, 6) is 0.219. The summed E-state index contributed by atoms with van der Waals surface area (Å²) < 4.78 is 1.79. The Morgan fingerprint density at radius 2 is 1.63 bits per heavy atom. The van der Waals surface area contributed by atoms with Gasteiger partial charge in [0.15, 0.2) is 0 Å². The van der Waals surface area contributed by atoms with Gasteiger partial charge in [0.05, 0.1) is 11.4 Å². The monoisotopic (exact) mass is 510 g/mol. The van der Waals surface area contributed by atoms with Gasteiger partial charge < -0.3 is 10.2 Å². The molecular weight excluding hydrogens is 472 g/mol. The van der Waals surface area contributed by atoms with Gasteiger partial charge in [-0.15, -0.1) is 0 Å². The standard InChI is InChI=1S/C32H38N4O2/c1-6-7-12-19-35(31(38)26-18-17-24-14-9-10-15-25(24)20-26)22-30(37)33-29-21-28(32(3,4)5)34-36(29)27-16-11-8-13-23(27)2/h8-11,13-18,20-21H,6-7,12,19,22H2,1-5H3,(H,33,37). The maximum absolute atomic E-state index is 13.6. The Bertz CT molecular complexity index is 1430. The van der Waals surface area contributed by atoms with E-state index < -0.39 is 0 Å². The number of benzene rings is 3. The van der Waals surface area contributed by atoms with Crippen LogP contribution in [0.3, 0.4) is 0 Å². The van der Waals surface area contributed by atoms with E-state index in [1.54, 1.807) is 9.58 Å². The van der Waals surface area contributed by atoms with E-state index in [0.717, 1.165) is 47.0 Å². The molecule has 0 spiro atoms. The summed E-state index contributed by atoms with van der Waals surface area (Å²) in [6.45, 7) is 10.9. The fourth-order valence-electron chi connectivity index (χ4n) is 4.49. The molecule has 0 aliphatic rings. The van der Waals surface area contributed by atoms with Gasteiger partial charge in [0.25, 0.3) is 5.91 Å². The van der Waals surface area contributed by atoms with Crippen molar-refractivity contribution in [1.82, 2.24) is 14.7 Å². The van der Waals surface area contributed by atoms with Crippen molar-refractivity contribution >= 4 is 28.4 Å². The van der Waals surface area contributed by atoms with Crippen molar-refractivity contribution in [2.24, 2.45) is 0 Å². The lowest BCUT2D eigenvalue weighted by atomic mass is 9.92. The van der Waals surface area contributed by atoms with E-state index in [-0.39, 0.29) is 23.8 Å². The Kier molecular flexibility index (Phi) is 8.30. The summed E-state index contributed by atoms with van der Waals surface area (Å²) in [4.78, 5) is 28.6. The first-order valence-corrected chi connectivity index (χ1v) is 13.4. The predicted octanol–water partition coefficient (Wildman–Crippen LogP) is 6.90. The van der Waals surface area contributed by atoms with Crippen LogP contribution >= 0.6 is 0 Å². The third kappa shape index (κ3) is 6.31. The Hall–Kier alpha value is -3.93. The molecule has 4 aromatic rings. The van der Waals surface area contributed by atoms with Gasteiger partial charge >= 0.3 is 0 Å². The van der Waals surface area contributed by atoms with Crippen molar-refractivity contribution in [3.8, 4) is 5.69 Å². The number of fused-ring (bicyclic) bond motifs is 1. The SMILES string of the molecule is CCCCCN(CC(=O)Nc1cc(C(C)(C)C)nn1-c1ccccc1C)C(=O)c1ccc2ccccc2c1. The molecule has 0 saturated heterocycles. The van der Waals surface area contributed by atoms with Gasteiger partial charge in [0.2, 0.25) is 5.91 Å². The fraction of sp³-hybridized carbons (Fsp3) is 0.344. The Morgan fingerprint density at radius 1 is 0.921 bits per heavy atom. The minimum atomic E-state index is -0.245. The van der Waals surface area contributed by atoms with Crippen molar-refractivity contribution < 1.29 is 9.59 Å². The lowest BCUT2D eigenvalue weighted by Gasteiger charge is -2.23. The average Bonchev–Trinajstić information content (AvgIpc) is 3.31. The van der Waals surface area contributed by atoms with Gasteiger partial charge in [-0.05, 0) is 47.9 Å². The second kappa shape index (κ2) is 11.6. The normalized spacial score (nSPS) is 11.5. The van der Waals surface area contributed by atoms with E-state index in [2.05, 4.69) is 33.0 Å². The van der Waals surface area contributed by atoms with Gasteiger partial charge in [0, 0.05) is 23.6 Å². The molecule has 0 aliphatic carbocycles. The van der Waals surface area contributed by atoms with Crippen molar-refractivity contribution in [3.63, 3.8) is 0 Å². The number of carbonyl (C=O) groups is 2. The van der Waals surface area contributed by atoms with Crippen LogP contribution in [0.25, 0.3) is 16.5 Å². The van der Waals surface area contributed by atoms with Crippen molar-refractivity contribution in [3.05, 3.63) is 89.6 Å². The van der Waals surface area contributed by atoms with E-state index in [4.69, 9.17) is 5.10 Å². The molecule has 1 heterocycles. The molecule has 0 bridgehead atoms. The second-order valence-corrected chi connectivity index (χ2v) is 10.9. The lowest BCUT2D eigenvalue weighted by molar-refractivity contribution is -0.117. The molecule has 0 unspecified atom stereocenters. The number of nitrogens with one attached hydrogen (secondary N) is 1. The van der Waals surface area contributed by atoms with Crippen LogP contribution < -0.4 is 5.32 Å². The van der Waals surface area contributed by atoms with E-state index in [9.17, 15) is 9.59 Å². The first-order valence-electron chi connectivity index (χ1n) is 13.4. The summed E-state index contributed by atoms with van der Waals surface area (Å²) in [7, 11) is 0. The zero-order valence-electron chi connectivity index (χ0n) is 23.1. The number of hydrogen-bond donors (Lipinski definition) is 1. The zero-order valence-corrected chi connectivity index (χ0v) is 23.1. The van der Waals surface area contributed by atoms with E-state index in [1.165, 1.54) is 0 Å². The average molecular weight is 511 g/mol. The van der Waals surface area contributed by atoms with Gasteiger partial charge in [-0.2, -0.15) is 5.10 Å². The number of amides is 2. The minimum Gasteiger partial charge on any atom is -0.329 e. The van der Waals surface area contributed by atoms with Crippen LogP contribution in [0, 0.1) is 6.92 Å². The third-order valence-corrected chi connectivity index (χ3v) is 6.74. The zero-order chi connectivity index (χ0) is 27.3. The maximum atomic E-state index is 13.6. The molecule has 198 valence electrons. The van der Waals surface area contributed by atoms with Crippen LogP contribution in [0.5, 0.6) is 0 Å². The van der Waals surface area contributed by atoms with Crippen molar-refractivity contribution in [2.75, 3.05) is 18.4 Å². The van der Waals surface area contributed by atoms with Crippen LogP contribution in [-0.4, -0.2) is 39.6 Å². The molecule has 4 rings (SSSR count). The molecule has 3 aromatic carbocycles. The van der Waals surface area contributed by atoms with Gasteiger partial charge in [0.1, 0.15) is 12.4 Å². The van der Waals surface area contributed by atoms with Crippen molar-refractivity contribution in [2.45, 2.75) is 59.3 Å². The molecule has 0 saturated carbocycles. The van der Waals surface area contributed by atoms with Crippen LogP contribution in [0.4, 0.5) is 5.82 Å². The number of rotatable bonds is 9.